The molecule has 3 nitrogen and oxygen atoms in total. The Morgan fingerprint density at radius 1 is 1.05 bits per heavy atom. The van der Waals surface area contributed by atoms with Crippen molar-refractivity contribution in [3.63, 3.8) is 0 Å². The van der Waals surface area contributed by atoms with E-state index in [2.05, 4.69) is 5.32 Å². The van der Waals surface area contributed by atoms with Crippen LogP contribution in [0.5, 0.6) is 11.5 Å². The lowest BCUT2D eigenvalue weighted by atomic mass is 10.2. The van der Waals surface area contributed by atoms with Crippen LogP contribution in [0, 0.1) is 0 Å². The number of halogens is 1. The first kappa shape index (κ1) is 15.7. The summed E-state index contributed by atoms with van der Waals surface area (Å²) >= 11 is 6.11. The average molecular weight is 306 g/mol. The maximum atomic E-state index is 6.11. The van der Waals surface area contributed by atoms with Crippen LogP contribution in [0.2, 0.25) is 5.02 Å². The average Bonchev–Trinajstić information content (AvgIpc) is 2.50. The van der Waals surface area contributed by atoms with Gasteiger partial charge >= 0.3 is 0 Å². The lowest BCUT2D eigenvalue weighted by Gasteiger charge is -2.16. The zero-order valence-corrected chi connectivity index (χ0v) is 13.1. The molecule has 1 atom stereocenters. The third-order valence-corrected chi connectivity index (χ3v) is 3.47. The van der Waals surface area contributed by atoms with Crippen LogP contribution < -0.4 is 14.8 Å². The number of methoxy groups -OCH3 is 1. The van der Waals surface area contributed by atoms with Crippen molar-refractivity contribution in [3.8, 4) is 11.5 Å². The van der Waals surface area contributed by atoms with Crippen LogP contribution >= 0.6 is 11.6 Å². The van der Waals surface area contributed by atoms with E-state index in [1.807, 2.05) is 55.5 Å². The van der Waals surface area contributed by atoms with E-state index in [1.165, 1.54) is 0 Å². The summed E-state index contributed by atoms with van der Waals surface area (Å²) in [4.78, 5) is 0. The van der Waals surface area contributed by atoms with Gasteiger partial charge in [0.05, 0.1) is 7.11 Å². The van der Waals surface area contributed by atoms with Crippen molar-refractivity contribution in [3.05, 3.63) is 59.1 Å². The van der Waals surface area contributed by atoms with Crippen LogP contribution in [0.3, 0.4) is 0 Å². The molecule has 0 bridgehead atoms. The normalized spacial score (nSPS) is 12.0. The molecule has 0 aliphatic heterocycles. The summed E-state index contributed by atoms with van der Waals surface area (Å²) in [5.41, 5.74) is 1.09. The van der Waals surface area contributed by atoms with E-state index in [0.29, 0.717) is 0 Å². The number of ether oxygens (including phenoxy) is 2. The molecule has 0 aliphatic rings. The van der Waals surface area contributed by atoms with E-state index in [9.17, 15) is 0 Å². The first-order valence-corrected chi connectivity index (χ1v) is 7.31. The van der Waals surface area contributed by atoms with Crippen LogP contribution in [-0.2, 0) is 6.54 Å². The minimum atomic E-state index is 0.0703. The van der Waals surface area contributed by atoms with Gasteiger partial charge in [0.25, 0.3) is 0 Å². The fourth-order valence-corrected chi connectivity index (χ4v) is 2.18. The van der Waals surface area contributed by atoms with Crippen LogP contribution in [0.1, 0.15) is 12.5 Å². The van der Waals surface area contributed by atoms with E-state index in [0.717, 1.165) is 35.2 Å². The van der Waals surface area contributed by atoms with Gasteiger partial charge in [-0.2, -0.15) is 0 Å². The fraction of sp³-hybridized carbons (Fsp3) is 0.294. The third-order valence-electron chi connectivity index (χ3n) is 3.10. The van der Waals surface area contributed by atoms with Gasteiger partial charge in [0, 0.05) is 18.1 Å². The molecule has 1 N–H and O–H groups in total. The highest BCUT2D eigenvalue weighted by molar-refractivity contribution is 6.31. The predicted molar refractivity (Wildman–Crippen MR) is 86.2 cm³/mol. The highest BCUT2D eigenvalue weighted by Gasteiger charge is 2.05. The Morgan fingerprint density at radius 2 is 1.71 bits per heavy atom. The van der Waals surface area contributed by atoms with Gasteiger partial charge in [0.15, 0.2) is 0 Å². The summed E-state index contributed by atoms with van der Waals surface area (Å²) in [5.74, 6) is 1.66. The van der Waals surface area contributed by atoms with Gasteiger partial charge in [0.2, 0.25) is 0 Å². The largest absolute Gasteiger partial charge is 0.497 e. The Balaban J connectivity index is 1.76. The van der Waals surface area contributed by atoms with Crippen molar-refractivity contribution in [1.82, 2.24) is 5.32 Å². The van der Waals surface area contributed by atoms with Crippen LogP contribution in [0.15, 0.2) is 48.5 Å². The van der Waals surface area contributed by atoms with Crippen LogP contribution in [-0.4, -0.2) is 19.8 Å². The molecule has 0 saturated heterocycles. The number of benzene rings is 2. The molecule has 0 aliphatic carbocycles. The lowest BCUT2D eigenvalue weighted by Crippen LogP contribution is -2.28. The van der Waals surface area contributed by atoms with Gasteiger partial charge in [-0.1, -0.05) is 29.8 Å². The topological polar surface area (TPSA) is 30.5 Å². The molecule has 0 spiro atoms. The second-order valence-corrected chi connectivity index (χ2v) is 5.23. The van der Waals surface area contributed by atoms with Crippen molar-refractivity contribution in [2.45, 2.75) is 19.6 Å². The van der Waals surface area contributed by atoms with Crippen molar-refractivity contribution in [2.75, 3.05) is 13.7 Å². The van der Waals surface area contributed by atoms with Crippen molar-refractivity contribution in [1.29, 1.82) is 0 Å². The summed E-state index contributed by atoms with van der Waals surface area (Å²) in [6.45, 7) is 3.51. The van der Waals surface area contributed by atoms with E-state index in [-0.39, 0.29) is 6.10 Å². The molecule has 2 rings (SSSR count). The molecule has 0 aromatic heterocycles. The third kappa shape index (κ3) is 4.96. The number of hydrogen-bond acceptors (Lipinski definition) is 3. The molecule has 0 saturated carbocycles. The highest BCUT2D eigenvalue weighted by atomic mass is 35.5. The monoisotopic (exact) mass is 305 g/mol. The number of nitrogens with one attached hydrogen (secondary N) is 1. The Labute approximate surface area is 130 Å². The molecule has 0 heterocycles. The summed E-state index contributed by atoms with van der Waals surface area (Å²) in [6, 6.07) is 15.4. The lowest BCUT2D eigenvalue weighted by molar-refractivity contribution is 0.216. The maximum Gasteiger partial charge on any atom is 0.120 e. The standard InChI is InChI=1S/C17H20ClNO2/c1-13(21-16-9-7-15(20-2)8-10-16)11-19-12-14-5-3-4-6-17(14)18/h3-10,13,19H,11-12H2,1-2H3. The predicted octanol–water partition coefficient (Wildman–Crippen LogP) is 3.91. The fourth-order valence-electron chi connectivity index (χ4n) is 1.98. The minimum Gasteiger partial charge on any atom is -0.497 e. The summed E-state index contributed by atoms with van der Waals surface area (Å²) in [6.07, 6.45) is 0.0703. The Morgan fingerprint density at radius 3 is 2.38 bits per heavy atom. The number of hydrogen-bond donors (Lipinski definition) is 1. The van der Waals surface area contributed by atoms with Gasteiger partial charge < -0.3 is 14.8 Å². The van der Waals surface area contributed by atoms with Gasteiger partial charge in [0.1, 0.15) is 17.6 Å². The molecule has 2 aromatic carbocycles. The second-order valence-electron chi connectivity index (χ2n) is 4.83. The van der Waals surface area contributed by atoms with Gasteiger partial charge in [-0.15, -0.1) is 0 Å². The van der Waals surface area contributed by atoms with Crippen molar-refractivity contribution >= 4 is 11.6 Å². The summed E-state index contributed by atoms with van der Waals surface area (Å²) in [7, 11) is 1.65. The molecule has 21 heavy (non-hydrogen) atoms. The zero-order chi connectivity index (χ0) is 15.1. The number of rotatable bonds is 7. The Hall–Kier alpha value is -1.71. The van der Waals surface area contributed by atoms with E-state index in [1.54, 1.807) is 7.11 Å². The van der Waals surface area contributed by atoms with Gasteiger partial charge in [-0.05, 0) is 42.8 Å². The quantitative estimate of drug-likeness (QED) is 0.841. The summed E-state index contributed by atoms with van der Waals surface area (Å²) in [5, 5.41) is 4.14. The maximum absolute atomic E-state index is 6.11. The zero-order valence-electron chi connectivity index (χ0n) is 12.3. The van der Waals surface area contributed by atoms with Gasteiger partial charge in [-0.3, -0.25) is 0 Å². The van der Waals surface area contributed by atoms with E-state index in [4.69, 9.17) is 21.1 Å². The smallest absolute Gasteiger partial charge is 0.120 e. The van der Waals surface area contributed by atoms with Gasteiger partial charge in [-0.25, -0.2) is 0 Å². The minimum absolute atomic E-state index is 0.0703. The van der Waals surface area contributed by atoms with Crippen molar-refractivity contribution < 1.29 is 9.47 Å². The van der Waals surface area contributed by atoms with E-state index >= 15 is 0 Å². The first-order valence-electron chi connectivity index (χ1n) is 6.94. The van der Waals surface area contributed by atoms with Crippen LogP contribution in [0.4, 0.5) is 0 Å². The Bertz CT molecular complexity index is 557. The van der Waals surface area contributed by atoms with Crippen molar-refractivity contribution in [2.24, 2.45) is 0 Å². The van der Waals surface area contributed by atoms with E-state index < -0.39 is 0 Å². The molecule has 0 fully saturated rings. The molecule has 2 aromatic rings. The van der Waals surface area contributed by atoms with Crippen LogP contribution in [0.25, 0.3) is 0 Å². The molecule has 0 radical (unpaired) electrons. The molecule has 112 valence electrons. The molecular weight excluding hydrogens is 286 g/mol. The molecular formula is C17H20ClNO2. The highest BCUT2D eigenvalue weighted by Crippen LogP contribution is 2.18. The summed E-state index contributed by atoms with van der Waals surface area (Å²) < 4.78 is 10.9. The molecule has 1 unspecified atom stereocenters. The second kappa shape index (κ2) is 7.91. The molecule has 4 heteroatoms. The first-order chi connectivity index (χ1) is 10.2. The Kier molecular flexibility index (Phi) is 5.90. The molecule has 0 amide bonds. The SMILES string of the molecule is COc1ccc(OC(C)CNCc2ccccc2Cl)cc1.